The summed E-state index contributed by atoms with van der Waals surface area (Å²) in [7, 11) is 0. The van der Waals surface area contributed by atoms with E-state index in [4.69, 9.17) is 28.3 Å². The molecule has 0 atom stereocenters. The Morgan fingerprint density at radius 3 is 2.60 bits per heavy atom. The van der Waals surface area contributed by atoms with E-state index < -0.39 is 5.97 Å². The van der Waals surface area contributed by atoms with Crippen LogP contribution in [0.1, 0.15) is 10.5 Å². The minimum absolute atomic E-state index is 0.0503. The Labute approximate surface area is 124 Å². The highest BCUT2D eigenvalue weighted by molar-refractivity contribution is 6.42. The van der Waals surface area contributed by atoms with Crippen LogP contribution in [0.15, 0.2) is 36.5 Å². The average Bonchev–Trinajstić information content (AvgIpc) is 2.82. The van der Waals surface area contributed by atoms with E-state index in [-0.39, 0.29) is 18.1 Å². The van der Waals surface area contributed by atoms with Crippen molar-refractivity contribution in [3.8, 4) is 0 Å². The maximum absolute atomic E-state index is 11.8. The lowest BCUT2D eigenvalue weighted by Crippen LogP contribution is -2.20. The van der Waals surface area contributed by atoms with E-state index in [0.717, 1.165) is 0 Å². The molecule has 7 heteroatoms. The van der Waals surface area contributed by atoms with E-state index in [1.165, 1.54) is 22.9 Å². The zero-order valence-electron chi connectivity index (χ0n) is 10.1. The van der Waals surface area contributed by atoms with Crippen LogP contribution < -0.4 is 5.32 Å². The van der Waals surface area contributed by atoms with Crippen LogP contribution in [-0.4, -0.2) is 21.6 Å². The molecule has 1 aromatic heterocycles. The molecule has 2 rings (SSSR count). The Balaban J connectivity index is 2.07. The Morgan fingerprint density at radius 1 is 1.20 bits per heavy atom. The summed E-state index contributed by atoms with van der Waals surface area (Å²) in [5.41, 5.74) is 0.544. The monoisotopic (exact) mass is 312 g/mol. The third-order valence-electron chi connectivity index (χ3n) is 2.57. The van der Waals surface area contributed by atoms with Crippen molar-refractivity contribution in [2.75, 3.05) is 5.32 Å². The second-order valence-electron chi connectivity index (χ2n) is 4.00. The molecule has 0 spiro atoms. The number of amides is 1. The standard InChI is InChI=1S/C13H10Cl2N2O3/c14-9-4-3-8(6-10(9)15)16-12(18)7-17-5-1-2-11(17)13(19)20/h1-6H,7H2,(H,16,18)(H,19,20). The summed E-state index contributed by atoms with van der Waals surface area (Å²) in [5.74, 6) is -1.44. The van der Waals surface area contributed by atoms with Crippen molar-refractivity contribution >= 4 is 40.8 Å². The van der Waals surface area contributed by atoms with Crippen LogP contribution in [-0.2, 0) is 11.3 Å². The highest BCUT2D eigenvalue weighted by Gasteiger charge is 2.12. The molecule has 2 aromatic rings. The molecule has 0 aliphatic heterocycles. The van der Waals surface area contributed by atoms with Crippen LogP contribution in [0, 0.1) is 0 Å². The number of carbonyl (C=O) groups excluding carboxylic acids is 1. The van der Waals surface area contributed by atoms with Gasteiger partial charge in [-0.1, -0.05) is 23.2 Å². The lowest BCUT2D eigenvalue weighted by atomic mass is 10.3. The normalized spacial score (nSPS) is 10.3. The number of aromatic nitrogens is 1. The Bertz CT molecular complexity index is 667. The largest absolute Gasteiger partial charge is 0.477 e. The molecule has 0 aliphatic rings. The van der Waals surface area contributed by atoms with Gasteiger partial charge < -0.3 is 15.0 Å². The van der Waals surface area contributed by atoms with Crippen molar-refractivity contribution in [3.63, 3.8) is 0 Å². The summed E-state index contributed by atoms with van der Waals surface area (Å²) in [6, 6.07) is 7.69. The number of nitrogens with zero attached hydrogens (tertiary/aromatic N) is 1. The maximum Gasteiger partial charge on any atom is 0.352 e. The van der Waals surface area contributed by atoms with E-state index in [9.17, 15) is 9.59 Å². The predicted molar refractivity (Wildman–Crippen MR) is 76.5 cm³/mol. The summed E-state index contributed by atoms with van der Waals surface area (Å²) in [6.45, 7) is -0.102. The number of benzene rings is 1. The van der Waals surface area contributed by atoms with Gasteiger partial charge in [0.25, 0.3) is 0 Å². The number of rotatable bonds is 4. The highest BCUT2D eigenvalue weighted by atomic mass is 35.5. The first-order valence-electron chi connectivity index (χ1n) is 5.60. The topological polar surface area (TPSA) is 71.3 Å². The van der Waals surface area contributed by atoms with Crippen LogP contribution in [0.25, 0.3) is 0 Å². The van der Waals surface area contributed by atoms with Crippen molar-refractivity contribution < 1.29 is 14.7 Å². The van der Waals surface area contributed by atoms with Gasteiger partial charge in [0.15, 0.2) is 0 Å². The summed E-state index contributed by atoms with van der Waals surface area (Å²) in [5, 5.41) is 12.3. The smallest absolute Gasteiger partial charge is 0.352 e. The Morgan fingerprint density at radius 2 is 1.95 bits per heavy atom. The number of carboxylic acid groups (broad SMARTS) is 1. The number of carbonyl (C=O) groups is 2. The minimum atomic E-state index is -1.09. The molecule has 0 bridgehead atoms. The van der Waals surface area contributed by atoms with Crippen LogP contribution in [0.4, 0.5) is 5.69 Å². The quantitative estimate of drug-likeness (QED) is 0.911. The second-order valence-corrected chi connectivity index (χ2v) is 4.82. The number of halogens is 2. The fraction of sp³-hybridized carbons (Fsp3) is 0.0769. The third kappa shape index (κ3) is 3.31. The van der Waals surface area contributed by atoms with Gasteiger partial charge in [0, 0.05) is 11.9 Å². The number of hydrogen-bond donors (Lipinski definition) is 2. The zero-order valence-corrected chi connectivity index (χ0v) is 11.6. The Hall–Kier alpha value is -1.98. The first-order valence-corrected chi connectivity index (χ1v) is 6.36. The van der Waals surface area contributed by atoms with Gasteiger partial charge in [-0.05, 0) is 30.3 Å². The van der Waals surface area contributed by atoms with Gasteiger partial charge in [0.1, 0.15) is 12.2 Å². The first kappa shape index (κ1) is 14.4. The van der Waals surface area contributed by atoms with E-state index in [1.807, 2.05) is 0 Å². The molecule has 5 nitrogen and oxygen atoms in total. The lowest BCUT2D eigenvalue weighted by Gasteiger charge is -2.08. The van der Waals surface area contributed by atoms with Gasteiger partial charge in [0.2, 0.25) is 5.91 Å². The number of hydrogen-bond acceptors (Lipinski definition) is 2. The molecular formula is C13H10Cl2N2O3. The fourth-order valence-corrected chi connectivity index (χ4v) is 1.97. The first-order chi connectivity index (χ1) is 9.47. The molecule has 0 aliphatic carbocycles. The molecule has 2 N–H and O–H groups in total. The van der Waals surface area contributed by atoms with Crippen LogP contribution in [0.5, 0.6) is 0 Å². The van der Waals surface area contributed by atoms with Crippen molar-refractivity contribution in [1.29, 1.82) is 0 Å². The fourth-order valence-electron chi connectivity index (χ4n) is 1.68. The van der Waals surface area contributed by atoms with Gasteiger partial charge in [-0.15, -0.1) is 0 Å². The third-order valence-corrected chi connectivity index (χ3v) is 3.30. The van der Waals surface area contributed by atoms with Gasteiger partial charge in [-0.25, -0.2) is 4.79 Å². The second kappa shape index (κ2) is 5.98. The van der Waals surface area contributed by atoms with Crippen molar-refractivity contribution in [2.45, 2.75) is 6.54 Å². The van der Waals surface area contributed by atoms with Crippen LogP contribution in [0.2, 0.25) is 10.0 Å². The Kier molecular flexibility index (Phi) is 4.32. The summed E-state index contributed by atoms with van der Waals surface area (Å²) in [6.07, 6.45) is 1.53. The molecule has 0 saturated carbocycles. The average molecular weight is 313 g/mol. The SMILES string of the molecule is O=C(Cn1cccc1C(=O)O)Nc1ccc(Cl)c(Cl)c1. The van der Waals surface area contributed by atoms with Crippen molar-refractivity contribution in [2.24, 2.45) is 0 Å². The summed E-state index contributed by atoms with van der Waals surface area (Å²) in [4.78, 5) is 22.8. The molecule has 1 aromatic carbocycles. The van der Waals surface area contributed by atoms with Crippen molar-refractivity contribution in [1.82, 2.24) is 4.57 Å². The van der Waals surface area contributed by atoms with E-state index in [1.54, 1.807) is 18.2 Å². The zero-order chi connectivity index (χ0) is 14.7. The van der Waals surface area contributed by atoms with Crippen LogP contribution in [0.3, 0.4) is 0 Å². The molecule has 1 heterocycles. The molecule has 0 radical (unpaired) electrons. The van der Waals surface area contributed by atoms with Crippen molar-refractivity contribution in [3.05, 3.63) is 52.3 Å². The number of carboxylic acids is 1. The van der Waals surface area contributed by atoms with Gasteiger partial charge >= 0.3 is 5.97 Å². The molecule has 1 amide bonds. The number of nitrogens with one attached hydrogen (secondary N) is 1. The molecule has 20 heavy (non-hydrogen) atoms. The van der Waals surface area contributed by atoms with Crippen LogP contribution >= 0.6 is 23.2 Å². The lowest BCUT2D eigenvalue weighted by molar-refractivity contribution is -0.116. The summed E-state index contributed by atoms with van der Waals surface area (Å²) >= 11 is 11.6. The molecular weight excluding hydrogens is 303 g/mol. The van der Waals surface area contributed by atoms with Gasteiger partial charge in [-0.3, -0.25) is 4.79 Å². The molecule has 0 saturated heterocycles. The number of anilines is 1. The predicted octanol–water partition coefficient (Wildman–Crippen LogP) is 3.13. The van der Waals surface area contributed by atoms with Gasteiger partial charge in [0.05, 0.1) is 10.0 Å². The molecule has 0 unspecified atom stereocenters. The minimum Gasteiger partial charge on any atom is -0.477 e. The summed E-state index contributed by atoms with van der Waals surface area (Å²) < 4.78 is 1.34. The highest BCUT2D eigenvalue weighted by Crippen LogP contribution is 2.24. The number of aromatic carboxylic acids is 1. The molecule has 104 valence electrons. The molecule has 0 fully saturated rings. The van der Waals surface area contributed by atoms with E-state index in [2.05, 4.69) is 5.32 Å². The van der Waals surface area contributed by atoms with Gasteiger partial charge in [-0.2, -0.15) is 0 Å². The van der Waals surface area contributed by atoms with E-state index in [0.29, 0.717) is 15.7 Å². The van der Waals surface area contributed by atoms with E-state index >= 15 is 0 Å². The maximum atomic E-state index is 11.8.